The number of amides is 1. The molecule has 0 heterocycles. The van der Waals surface area contributed by atoms with Gasteiger partial charge in [-0.2, -0.15) is 0 Å². The van der Waals surface area contributed by atoms with Crippen molar-refractivity contribution in [1.82, 2.24) is 5.32 Å². The molecule has 2 aliphatic carbocycles. The zero-order valence-electron chi connectivity index (χ0n) is 14.5. The van der Waals surface area contributed by atoms with Crippen molar-refractivity contribution in [2.24, 2.45) is 17.6 Å². The number of nitrogens with one attached hydrogen (secondary N) is 1. The Balaban J connectivity index is 1.70. The molecule has 3 rings (SSSR count). The minimum absolute atomic E-state index is 0.0999. The van der Waals surface area contributed by atoms with Gasteiger partial charge in [-0.25, -0.2) is 4.79 Å². The SMILES string of the molecule is N[C@@H](CC(=O)O)C(=O)N[C@@H](C(=O)O[C@@H]1CC2CC[C@H]1C2)c1ccccc1. The highest BCUT2D eigenvalue weighted by atomic mass is 16.5. The topological polar surface area (TPSA) is 119 Å². The highest BCUT2D eigenvalue weighted by Crippen LogP contribution is 2.46. The van der Waals surface area contributed by atoms with Crippen LogP contribution in [0.5, 0.6) is 0 Å². The second kappa shape index (κ2) is 7.86. The molecular formula is C19H24N2O5. The van der Waals surface area contributed by atoms with Gasteiger partial charge in [-0.15, -0.1) is 0 Å². The van der Waals surface area contributed by atoms with E-state index in [4.69, 9.17) is 15.6 Å². The zero-order chi connectivity index (χ0) is 18.7. The first-order chi connectivity index (χ1) is 12.4. The molecule has 7 nitrogen and oxygen atoms in total. The lowest BCUT2D eigenvalue weighted by Crippen LogP contribution is -2.46. The van der Waals surface area contributed by atoms with Gasteiger partial charge in [0.05, 0.1) is 12.5 Å². The minimum atomic E-state index is -1.23. The minimum Gasteiger partial charge on any atom is -0.481 e. The number of carbonyl (C=O) groups excluding carboxylic acids is 2. The van der Waals surface area contributed by atoms with E-state index in [9.17, 15) is 14.4 Å². The predicted molar refractivity (Wildman–Crippen MR) is 92.9 cm³/mol. The molecule has 140 valence electrons. The van der Waals surface area contributed by atoms with Crippen LogP contribution in [0.3, 0.4) is 0 Å². The summed E-state index contributed by atoms with van der Waals surface area (Å²) in [4.78, 5) is 35.7. The number of hydrogen-bond donors (Lipinski definition) is 3. The molecule has 1 amide bonds. The van der Waals surface area contributed by atoms with Gasteiger partial charge in [0, 0.05) is 0 Å². The second-order valence-electron chi connectivity index (χ2n) is 7.21. The summed E-state index contributed by atoms with van der Waals surface area (Å²) in [5.74, 6) is -1.35. The number of carboxylic acid groups (broad SMARTS) is 1. The predicted octanol–water partition coefficient (Wildman–Crippen LogP) is 1.38. The third-order valence-electron chi connectivity index (χ3n) is 5.33. The molecule has 2 bridgehead atoms. The molecule has 2 fully saturated rings. The molecule has 26 heavy (non-hydrogen) atoms. The average molecular weight is 360 g/mol. The third kappa shape index (κ3) is 4.22. The number of fused-ring (bicyclic) bond motifs is 2. The number of carbonyl (C=O) groups is 3. The zero-order valence-corrected chi connectivity index (χ0v) is 14.5. The van der Waals surface area contributed by atoms with Gasteiger partial charge in [-0.3, -0.25) is 9.59 Å². The Labute approximate surface area is 151 Å². The van der Waals surface area contributed by atoms with E-state index in [-0.39, 0.29) is 6.10 Å². The highest BCUT2D eigenvalue weighted by molar-refractivity contribution is 5.90. The van der Waals surface area contributed by atoms with Crippen LogP contribution in [0.1, 0.15) is 43.7 Å². The lowest BCUT2D eigenvalue weighted by atomic mass is 9.97. The molecule has 7 heteroatoms. The summed E-state index contributed by atoms with van der Waals surface area (Å²) in [6.45, 7) is 0. The van der Waals surface area contributed by atoms with Gasteiger partial charge in [0.1, 0.15) is 6.10 Å². The summed E-state index contributed by atoms with van der Waals surface area (Å²) in [5.41, 5.74) is 6.19. The molecule has 0 radical (unpaired) electrons. The van der Waals surface area contributed by atoms with E-state index in [1.807, 2.05) is 0 Å². The third-order valence-corrected chi connectivity index (χ3v) is 5.33. The molecule has 1 unspecified atom stereocenters. The molecule has 2 saturated carbocycles. The summed E-state index contributed by atoms with van der Waals surface area (Å²) in [6.07, 6.45) is 3.65. The Morgan fingerprint density at radius 3 is 2.50 bits per heavy atom. The average Bonchev–Trinajstić information content (AvgIpc) is 3.22. The van der Waals surface area contributed by atoms with E-state index in [1.54, 1.807) is 30.3 Å². The molecule has 2 aliphatic rings. The largest absolute Gasteiger partial charge is 0.481 e. The molecule has 4 N–H and O–H groups in total. The first-order valence-corrected chi connectivity index (χ1v) is 8.97. The van der Waals surface area contributed by atoms with E-state index >= 15 is 0 Å². The summed E-state index contributed by atoms with van der Waals surface area (Å²) in [5, 5.41) is 11.3. The van der Waals surface area contributed by atoms with Crippen molar-refractivity contribution in [1.29, 1.82) is 0 Å². The first kappa shape index (κ1) is 18.4. The summed E-state index contributed by atoms with van der Waals surface area (Å²) in [6, 6.07) is 6.54. The number of nitrogens with two attached hydrogens (primary N) is 1. The van der Waals surface area contributed by atoms with Crippen molar-refractivity contribution >= 4 is 17.8 Å². The van der Waals surface area contributed by atoms with Crippen molar-refractivity contribution in [3.8, 4) is 0 Å². The lowest BCUT2D eigenvalue weighted by molar-refractivity contribution is -0.155. The van der Waals surface area contributed by atoms with Crippen LogP contribution in [0.4, 0.5) is 0 Å². The van der Waals surface area contributed by atoms with Crippen molar-refractivity contribution in [3.05, 3.63) is 35.9 Å². The van der Waals surface area contributed by atoms with E-state index < -0.39 is 36.4 Å². The maximum atomic E-state index is 12.8. The fourth-order valence-electron chi connectivity index (χ4n) is 4.00. The number of aliphatic carboxylic acids is 1. The fraction of sp³-hybridized carbons (Fsp3) is 0.526. The Hall–Kier alpha value is -2.41. The normalized spacial score (nSPS) is 26.1. The van der Waals surface area contributed by atoms with Crippen LogP contribution in [0.15, 0.2) is 30.3 Å². The highest BCUT2D eigenvalue weighted by Gasteiger charge is 2.42. The van der Waals surface area contributed by atoms with Crippen LogP contribution < -0.4 is 11.1 Å². The maximum Gasteiger partial charge on any atom is 0.333 e. The molecule has 0 spiro atoms. The molecule has 0 aromatic heterocycles. The van der Waals surface area contributed by atoms with Gasteiger partial charge in [0.2, 0.25) is 5.91 Å². The number of esters is 1. The van der Waals surface area contributed by atoms with Crippen LogP contribution in [0.25, 0.3) is 0 Å². The van der Waals surface area contributed by atoms with E-state index in [1.165, 1.54) is 6.42 Å². The Morgan fingerprint density at radius 1 is 1.19 bits per heavy atom. The molecule has 0 saturated heterocycles. The van der Waals surface area contributed by atoms with Crippen LogP contribution in [-0.2, 0) is 19.1 Å². The van der Waals surface area contributed by atoms with Gasteiger partial charge < -0.3 is 20.9 Å². The maximum absolute atomic E-state index is 12.8. The van der Waals surface area contributed by atoms with Gasteiger partial charge >= 0.3 is 11.9 Å². The second-order valence-corrected chi connectivity index (χ2v) is 7.21. The van der Waals surface area contributed by atoms with E-state index in [0.717, 1.165) is 19.3 Å². The summed E-state index contributed by atoms with van der Waals surface area (Å²) >= 11 is 0. The smallest absolute Gasteiger partial charge is 0.333 e. The van der Waals surface area contributed by atoms with Gasteiger partial charge in [-0.05, 0) is 43.1 Å². The Kier molecular flexibility index (Phi) is 5.56. The number of ether oxygens (including phenoxy) is 1. The van der Waals surface area contributed by atoms with Crippen LogP contribution in [0.2, 0.25) is 0 Å². The lowest BCUT2D eigenvalue weighted by Gasteiger charge is -2.26. The van der Waals surface area contributed by atoms with Gasteiger partial charge in [0.25, 0.3) is 0 Å². The quantitative estimate of drug-likeness (QED) is 0.632. The van der Waals surface area contributed by atoms with Crippen LogP contribution >= 0.6 is 0 Å². The van der Waals surface area contributed by atoms with Gasteiger partial charge in [0.15, 0.2) is 6.04 Å². The first-order valence-electron chi connectivity index (χ1n) is 8.97. The summed E-state index contributed by atoms with van der Waals surface area (Å²) in [7, 11) is 0. The summed E-state index contributed by atoms with van der Waals surface area (Å²) < 4.78 is 5.71. The standard InChI is InChI=1S/C19H24N2O5/c20-14(10-16(22)23)18(24)21-17(12-4-2-1-3-5-12)19(25)26-15-9-11-6-7-13(15)8-11/h1-5,11,13-15,17H,6-10,20H2,(H,21,24)(H,22,23)/t11?,13-,14-,15+,17+/m0/s1. The number of benzene rings is 1. The Bertz CT molecular complexity index is 678. The molecule has 1 aromatic rings. The monoisotopic (exact) mass is 360 g/mol. The molecular weight excluding hydrogens is 336 g/mol. The van der Waals surface area contributed by atoms with Gasteiger partial charge in [-0.1, -0.05) is 30.3 Å². The number of rotatable bonds is 7. The van der Waals surface area contributed by atoms with Crippen LogP contribution in [0, 0.1) is 11.8 Å². The van der Waals surface area contributed by atoms with E-state index in [0.29, 0.717) is 17.4 Å². The van der Waals surface area contributed by atoms with Crippen molar-refractivity contribution in [2.75, 3.05) is 0 Å². The Morgan fingerprint density at radius 2 is 1.92 bits per heavy atom. The fourth-order valence-corrected chi connectivity index (χ4v) is 4.00. The molecule has 5 atom stereocenters. The van der Waals surface area contributed by atoms with Crippen LogP contribution in [-0.4, -0.2) is 35.1 Å². The van der Waals surface area contributed by atoms with E-state index in [2.05, 4.69) is 5.32 Å². The molecule has 1 aromatic carbocycles. The molecule has 0 aliphatic heterocycles. The van der Waals surface area contributed by atoms with Crippen molar-refractivity contribution < 1.29 is 24.2 Å². The number of hydrogen-bond acceptors (Lipinski definition) is 5. The van der Waals surface area contributed by atoms with Crippen molar-refractivity contribution in [3.63, 3.8) is 0 Å². The number of carboxylic acids is 1. The van der Waals surface area contributed by atoms with Crippen molar-refractivity contribution in [2.45, 2.75) is 50.3 Å².